The second kappa shape index (κ2) is 15.5. The minimum atomic E-state index is -0.781. The van der Waals surface area contributed by atoms with Gasteiger partial charge in [0.15, 0.2) is 11.6 Å². The number of ketones is 2. The van der Waals surface area contributed by atoms with Crippen LogP contribution in [0.1, 0.15) is 143 Å². The van der Waals surface area contributed by atoms with Gasteiger partial charge in [0.2, 0.25) is 0 Å². The van der Waals surface area contributed by atoms with Crippen LogP contribution in [0.4, 0.5) is 0 Å². The van der Waals surface area contributed by atoms with E-state index in [9.17, 15) is 29.4 Å². The molecule has 2 N–H and O–H groups in total. The lowest BCUT2D eigenvalue weighted by molar-refractivity contribution is 0.0450. The Kier molecular flexibility index (Phi) is 11.5. The van der Waals surface area contributed by atoms with Gasteiger partial charge < -0.3 is 19.7 Å². The Morgan fingerprint density at radius 3 is 1.34 bits per heavy atom. The molecule has 8 heteroatoms. The van der Waals surface area contributed by atoms with Crippen LogP contribution in [0.2, 0.25) is 0 Å². The summed E-state index contributed by atoms with van der Waals surface area (Å²) in [4.78, 5) is 53.3. The first-order valence-electron chi connectivity index (χ1n) is 15.9. The summed E-state index contributed by atoms with van der Waals surface area (Å²) in [5.41, 5.74) is -0.783. The van der Waals surface area contributed by atoms with Crippen LogP contribution in [-0.4, -0.2) is 46.9 Å². The van der Waals surface area contributed by atoms with Crippen LogP contribution in [-0.2, 0) is 9.47 Å². The van der Waals surface area contributed by atoms with Crippen molar-refractivity contribution in [1.82, 2.24) is 0 Å². The molecule has 0 aliphatic heterocycles. The molecule has 0 fully saturated rings. The van der Waals surface area contributed by atoms with Crippen molar-refractivity contribution in [2.75, 3.05) is 13.2 Å². The minimum Gasteiger partial charge on any atom is -0.506 e. The zero-order valence-corrected chi connectivity index (χ0v) is 25.7. The molecule has 4 rings (SSSR count). The highest BCUT2D eigenvalue weighted by Crippen LogP contribution is 2.45. The molecule has 0 saturated heterocycles. The molecule has 0 heterocycles. The molecule has 0 radical (unpaired) electrons. The topological polar surface area (TPSA) is 127 Å². The first-order chi connectivity index (χ1) is 21.3. The van der Waals surface area contributed by atoms with E-state index in [4.69, 9.17) is 9.47 Å². The van der Waals surface area contributed by atoms with E-state index >= 15 is 0 Å². The second-order valence-corrected chi connectivity index (χ2v) is 11.4. The monoisotopic (exact) mass is 602 g/mol. The Labute approximate surface area is 258 Å². The average Bonchev–Trinajstić information content (AvgIpc) is 3.03. The van der Waals surface area contributed by atoms with E-state index in [1.165, 1.54) is 24.3 Å². The van der Waals surface area contributed by atoms with E-state index in [1.54, 1.807) is 12.1 Å². The summed E-state index contributed by atoms with van der Waals surface area (Å²) in [5, 5.41) is 22.5. The predicted octanol–water partition coefficient (Wildman–Crippen LogP) is 8.06. The number of benzene rings is 3. The lowest BCUT2D eigenvalue weighted by Gasteiger charge is -2.21. The smallest absolute Gasteiger partial charge is 0.339 e. The highest BCUT2D eigenvalue weighted by atomic mass is 16.5. The van der Waals surface area contributed by atoms with Crippen molar-refractivity contribution in [2.24, 2.45) is 0 Å². The summed E-state index contributed by atoms with van der Waals surface area (Å²) < 4.78 is 11.0. The predicted molar refractivity (Wildman–Crippen MR) is 168 cm³/mol. The molecule has 3 aromatic rings. The van der Waals surface area contributed by atoms with E-state index in [0.29, 0.717) is 12.8 Å². The van der Waals surface area contributed by atoms with Crippen LogP contribution in [0.15, 0.2) is 36.4 Å². The molecule has 0 aromatic heterocycles. The summed E-state index contributed by atoms with van der Waals surface area (Å²) in [6.07, 6.45) is 12.0. The van der Waals surface area contributed by atoms with Crippen LogP contribution < -0.4 is 0 Å². The van der Waals surface area contributed by atoms with E-state index in [2.05, 4.69) is 13.8 Å². The van der Waals surface area contributed by atoms with Gasteiger partial charge in [-0.1, -0.05) is 102 Å². The van der Waals surface area contributed by atoms with E-state index in [1.807, 2.05) is 0 Å². The van der Waals surface area contributed by atoms with Gasteiger partial charge in [-0.3, -0.25) is 9.59 Å². The van der Waals surface area contributed by atoms with Gasteiger partial charge in [0, 0.05) is 21.9 Å². The fraction of sp³-hybridized carbons (Fsp3) is 0.444. The van der Waals surface area contributed by atoms with Crippen LogP contribution in [0.3, 0.4) is 0 Å². The minimum absolute atomic E-state index is 0.0548. The van der Waals surface area contributed by atoms with Gasteiger partial charge in [0.25, 0.3) is 0 Å². The van der Waals surface area contributed by atoms with Crippen molar-refractivity contribution in [3.05, 3.63) is 69.8 Å². The highest BCUT2D eigenvalue weighted by molar-refractivity contribution is 6.32. The number of hydrogen-bond donors (Lipinski definition) is 2. The molecule has 0 bridgehead atoms. The molecule has 8 nitrogen and oxygen atoms in total. The highest BCUT2D eigenvalue weighted by Gasteiger charge is 2.37. The van der Waals surface area contributed by atoms with Crippen LogP contribution in [0, 0.1) is 0 Å². The van der Waals surface area contributed by atoms with Crippen molar-refractivity contribution >= 4 is 34.3 Å². The number of fused-ring (bicyclic) bond motifs is 3. The third-order valence-corrected chi connectivity index (χ3v) is 8.16. The summed E-state index contributed by atoms with van der Waals surface area (Å²) >= 11 is 0. The van der Waals surface area contributed by atoms with Gasteiger partial charge in [-0.15, -0.1) is 0 Å². The van der Waals surface area contributed by atoms with Crippen molar-refractivity contribution < 1.29 is 38.9 Å². The summed E-state index contributed by atoms with van der Waals surface area (Å²) in [6.45, 7) is 4.59. The molecule has 0 saturated carbocycles. The number of carbonyl (C=O) groups is 4. The largest absolute Gasteiger partial charge is 0.506 e. The van der Waals surface area contributed by atoms with Crippen LogP contribution in [0.5, 0.6) is 11.5 Å². The number of aromatic hydroxyl groups is 2. The first kappa shape index (κ1) is 32.7. The van der Waals surface area contributed by atoms with E-state index in [0.717, 1.165) is 64.2 Å². The van der Waals surface area contributed by atoms with Crippen LogP contribution in [0.25, 0.3) is 10.8 Å². The molecule has 1 aliphatic carbocycles. The molecule has 3 aromatic carbocycles. The fourth-order valence-corrected chi connectivity index (χ4v) is 5.68. The van der Waals surface area contributed by atoms with Gasteiger partial charge in [-0.05, 0) is 25.0 Å². The Bertz CT molecular complexity index is 1420. The molecule has 0 atom stereocenters. The molecule has 234 valence electrons. The molecule has 0 amide bonds. The van der Waals surface area contributed by atoms with Gasteiger partial charge in [-0.25, -0.2) is 9.59 Å². The lowest BCUT2D eigenvalue weighted by atomic mass is 9.81. The number of unbranched alkanes of at least 4 members (excludes halogenated alkanes) is 10. The number of ether oxygens (including phenoxy) is 2. The third kappa shape index (κ3) is 7.12. The van der Waals surface area contributed by atoms with Gasteiger partial charge in [-0.2, -0.15) is 0 Å². The lowest BCUT2D eigenvalue weighted by Crippen LogP contribution is -2.21. The van der Waals surface area contributed by atoms with Gasteiger partial charge >= 0.3 is 11.9 Å². The van der Waals surface area contributed by atoms with E-state index in [-0.39, 0.29) is 57.4 Å². The first-order valence-corrected chi connectivity index (χ1v) is 15.9. The van der Waals surface area contributed by atoms with Crippen molar-refractivity contribution in [1.29, 1.82) is 0 Å². The summed E-state index contributed by atoms with van der Waals surface area (Å²) in [7, 11) is 0. The average molecular weight is 603 g/mol. The Morgan fingerprint density at radius 1 is 0.591 bits per heavy atom. The SMILES string of the molecule is CCCCCCCCOC(=O)c1cc2c(O)c3c(c(O)c2cc1C(=O)OCCCCCCCC)C(=O)c1ccccc1C3=O. The van der Waals surface area contributed by atoms with Crippen molar-refractivity contribution in [2.45, 2.75) is 90.9 Å². The quantitative estimate of drug-likeness (QED) is 0.0749. The number of hydrogen-bond acceptors (Lipinski definition) is 8. The maximum atomic E-state index is 13.4. The van der Waals surface area contributed by atoms with Crippen molar-refractivity contribution in [3.63, 3.8) is 0 Å². The second-order valence-electron chi connectivity index (χ2n) is 11.4. The zero-order chi connectivity index (χ0) is 31.6. The fourth-order valence-electron chi connectivity index (χ4n) is 5.68. The number of esters is 2. The zero-order valence-electron chi connectivity index (χ0n) is 25.7. The molecular formula is C36H42O8. The summed E-state index contributed by atoms with van der Waals surface area (Å²) in [6, 6.07) is 8.63. The molecule has 1 aliphatic rings. The number of phenols is 2. The number of rotatable bonds is 16. The molecule has 0 unspecified atom stereocenters. The Morgan fingerprint density at radius 2 is 0.955 bits per heavy atom. The Balaban J connectivity index is 1.67. The van der Waals surface area contributed by atoms with Gasteiger partial charge in [0.05, 0.1) is 35.5 Å². The van der Waals surface area contributed by atoms with Crippen LogP contribution >= 0.6 is 0 Å². The Hall–Kier alpha value is -4.20. The maximum Gasteiger partial charge on any atom is 0.339 e. The third-order valence-electron chi connectivity index (χ3n) is 8.16. The number of carbonyl (C=O) groups excluding carboxylic acids is 4. The molecular weight excluding hydrogens is 560 g/mol. The molecule has 0 spiro atoms. The van der Waals surface area contributed by atoms with Crippen molar-refractivity contribution in [3.8, 4) is 11.5 Å². The van der Waals surface area contributed by atoms with Gasteiger partial charge in [0.1, 0.15) is 11.5 Å². The molecule has 44 heavy (non-hydrogen) atoms. The maximum absolute atomic E-state index is 13.4. The normalized spacial score (nSPS) is 12.2. The standard InChI is InChI=1S/C36H42O8/c1-3-5-7-9-11-15-19-43-35(41)27-21-25-26(22-28(27)36(42)44-20-16-12-10-8-6-4-2)34(40)30-29(33(25)39)31(37)23-17-13-14-18-24(23)32(30)38/h13-14,17-18,21-22,39-40H,3-12,15-16,19-20H2,1-2H3. The summed E-state index contributed by atoms with van der Waals surface area (Å²) in [5.74, 6) is -3.93. The number of phenolic OH excluding ortho intramolecular Hbond substituents is 2. The van der Waals surface area contributed by atoms with E-state index < -0.39 is 35.0 Å².